The maximum Gasteiger partial charge on any atom is 0.0635 e. The molecule has 1 rings (SSSR count). The number of halogens is 1. The van der Waals surface area contributed by atoms with Gasteiger partial charge in [0.15, 0.2) is 0 Å². The van der Waals surface area contributed by atoms with Crippen molar-refractivity contribution >= 4 is 17.3 Å². The van der Waals surface area contributed by atoms with Crippen LogP contribution in [0.2, 0.25) is 5.02 Å². The SMILES string of the molecule is CCN(CCCN(C)C)Cc1ccc(Cl)c(N)c1. The Hall–Kier alpha value is -0.770. The molecule has 0 heterocycles. The summed E-state index contributed by atoms with van der Waals surface area (Å²) in [6, 6.07) is 5.89. The van der Waals surface area contributed by atoms with E-state index < -0.39 is 0 Å². The van der Waals surface area contributed by atoms with E-state index in [0.29, 0.717) is 10.7 Å². The van der Waals surface area contributed by atoms with Crippen molar-refractivity contribution in [1.82, 2.24) is 9.80 Å². The van der Waals surface area contributed by atoms with Gasteiger partial charge in [-0.1, -0.05) is 24.6 Å². The van der Waals surface area contributed by atoms with E-state index in [-0.39, 0.29) is 0 Å². The second kappa shape index (κ2) is 7.62. The highest BCUT2D eigenvalue weighted by atomic mass is 35.5. The Kier molecular flexibility index (Phi) is 6.47. The molecule has 0 aliphatic carbocycles. The second-order valence-electron chi connectivity index (χ2n) is 4.88. The molecule has 0 amide bonds. The zero-order valence-corrected chi connectivity index (χ0v) is 12.4. The molecule has 0 bridgehead atoms. The van der Waals surface area contributed by atoms with E-state index in [0.717, 1.165) is 26.2 Å². The molecular formula is C14H24ClN3. The van der Waals surface area contributed by atoms with E-state index in [4.69, 9.17) is 17.3 Å². The van der Waals surface area contributed by atoms with Crippen LogP contribution in [0.4, 0.5) is 5.69 Å². The predicted octanol–water partition coefficient (Wildman–Crippen LogP) is 2.70. The molecule has 102 valence electrons. The summed E-state index contributed by atoms with van der Waals surface area (Å²) in [6.07, 6.45) is 1.18. The van der Waals surface area contributed by atoms with Crippen molar-refractivity contribution in [2.45, 2.75) is 19.9 Å². The van der Waals surface area contributed by atoms with Gasteiger partial charge in [-0.15, -0.1) is 0 Å². The smallest absolute Gasteiger partial charge is 0.0635 e. The minimum absolute atomic E-state index is 0.634. The Morgan fingerprint density at radius 2 is 1.94 bits per heavy atom. The number of anilines is 1. The van der Waals surface area contributed by atoms with Crippen LogP contribution in [0, 0.1) is 0 Å². The third-order valence-corrected chi connectivity index (χ3v) is 3.34. The van der Waals surface area contributed by atoms with Gasteiger partial charge in [-0.05, 0) is 57.8 Å². The van der Waals surface area contributed by atoms with E-state index in [1.165, 1.54) is 12.0 Å². The summed E-state index contributed by atoms with van der Waals surface area (Å²) in [4.78, 5) is 4.64. The highest BCUT2D eigenvalue weighted by Crippen LogP contribution is 2.20. The van der Waals surface area contributed by atoms with Gasteiger partial charge in [-0.2, -0.15) is 0 Å². The van der Waals surface area contributed by atoms with Crippen molar-refractivity contribution in [3.05, 3.63) is 28.8 Å². The van der Waals surface area contributed by atoms with Crippen molar-refractivity contribution < 1.29 is 0 Å². The van der Waals surface area contributed by atoms with Crippen molar-refractivity contribution in [3.8, 4) is 0 Å². The molecule has 0 spiro atoms. The summed E-state index contributed by atoms with van der Waals surface area (Å²) in [7, 11) is 4.21. The lowest BCUT2D eigenvalue weighted by Crippen LogP contribution is -2.26. The van der Waals surface area contributed by atoms with Gasteiger partial charge in [-0.25, -0.2) is 0 Å². The summed E-state index contributed by atoms with van der Waals surface area (Å²) in [6.45, 7) is 6.41. The Labute approximate surface area is 116 Å². The normalized spacial score (nSPS) is 11.4. The third-order valence-electron chi connectivity index (χ3n) is 2.99. The van der Waals surface area contributed by atoms with Crippen LogP contribution < -0.4 is 5.73 Å². The first-order valence-electron chi connectivity index (χ1n) is 6.44. The van der Waals surface area contributed by atoms with Crippen LogP contribution in [-0.4, -0.2) is 43.5 Å². The standard InChI is InChI=1S/C14H24ClN3/c1-4-18(9-5-8-17(2)3)11-12-6-7-13(15)14(16)10-12/h6-7,10H,4-5,8-9,11,16H2,1-3H3. The van der Waals surface area contributed by atoms with E-state index in [9.17, 15) is 0 Å². The third kappa shape index (κ3) is 5.25. The molecule has 0 aromatic heterocycles. The van der Waals surface area contributed by atoms with Gasteiger partial charge in [0.1, 0.15) is 0 Å². The minimum atomic E-state index is 0.634. The lowest BCUT2D eigenvalue weighted by Gasteiger charge is -2.21. The Bertz CT molecular complexity index is 366. The molecule has 3 nitrogen and oxygen atoms in total. The van der Waals surface area contributed by atoms with E-state index in [1.54, 1.807) is 0 Å². The predicted molar refractivity (Wildman–Crippen MR) is 80.0 cm³/mol. The van der Waals surface area contributed by atoms with Crippen LogP contribution in [0.25, 0.3) is 0 Å². The second-order valence-corrected chi connectivity index (χ2v) is 5.29. The summed E-state index contributed by atoms with van der Waals surface area (Å²) in [5, 5.41) is 0.634. The number of benzene rings is 1. The molecule has 0 saturated heterocycles. The summed E-state index contributed by atoms with van der Waals surface area (Å²) < 4.78 is 0. The van der Waals surface area contributed by atoms with Crippen molar-refractivity contribution in [1.29, 1.82) is 0 Å². The van der Waals surface area contributed by atoms with Crippen molar-refractivity contribution in [2.75, 3.05) is 39.5 Å². The number of hydrogen-bond donors (Lipinski definition) is 1. The van der Waals surface area contributed by atoms with Crippen LogP contribution in [0.3, 0.4) is 0 Å². The van der Waals surface area contributed by atoms with Crippen molar-refractivity contribution in [3.63, 3.8) is 0 Å². The number of rotatable bonds is 7. The number of nitrogens with two attached hydrogens (primary N) is 1. The first-order valence-corrected chi connectivity index (χ1v) is 6.81. The molecule has 18 heavy (non-hydrogen) atoms. The highest BCUT2D eigenvalue weighted by molar-refractivity contribution is 6.33. The Morgan fingerprint density at radius 3 is 2.50 bits per heavy atom. The molecule has 0 aliphatic heterocycles. The molecule has 0 atom stereocenters. The van der Waals surface area contributed by atoms with Gasteiger partial charge in [0.05, 0.1) is 10.7 Å². The van der Waals surface area contributed by atoms with E-state index in [2.05, 4.69) is 30.8 Å². The fourth-order valence-corrected chi connectivity index (χ4v) is 2.03. The number of nitrogen functional groups attached to an aromatic ring is 1. The molecule has 0 saturated carbocycles. The van der Waals surface area contributed by atoms with Gasteiger partial charge in [0, 0.05) is 6.54 Å². The lowest BCUT2D eigenvalue weighted by molar-refractivity contribution is 0.259. The van der Waals surface area contributed by atoms with Crippen LogP contribution in [-0.2, 0) is 6.54 Å². The summed E-state index contributed by atoms with van der Waals surface area (Å²) in [5.41, 5.74) is 7.71. The Balaban J connectivity index is 2.49. The molecule has 1 aromatic carbocycles. The largest absolute Gasteiger partial charge is 0.398 e. The molecule has 1 aromatic rings. The number of nitrogens with zero attached hydrogens (tertiary/aromatic N) is 2. The van der Waals surface area contributed by atoms with Crippen LogP contribution in [0.5, 0.6) is 0 Å². The average molecular weight is 270 g/mol. The molecular weight excluding hydrogens is 246 g/mol. The molecule has 2 N–H and O–H groups in total. The first kappa shape index (κ1) is 15.3. The van der Waals surface area contributed by atoms with Crippen molar-refractivity contribution in [2.24, 2.45) is 0 Å². The topological polar surface area (TPSA) is 32.5 Å². The van der Waals surface area contributed by atoms with Gasteiger partial charge in [0.25, 0.3) is 0 Å². The maximum absolute atomic E-state index is 5.93. The van der Waals surface area contributed by atoms with Gasteiger partial charge < -0.3 is 10.6 Å². The monoisotopic (exact) mass is 269 g/mol. The quantitative estimate of drug-likeness (QED) is 0.773. The molecule has 0 fully saturated rings. The average Bonchev–Trinajstić information content (AvgIpc) is 2.32. The summed E-state index contributed by atoms with van der Waals surface area (Å²) in [5.74, 6) is 0. The first-order chi connectivity index (χ1) is 8.52. The minimum Gasteiger partial charge on any atom is -0.398 e. The Morgan fingerprint density at radius 1 is 1.22 bits per heavy atom. The van der Waals surface area contributed by atoms with Gasteiger partial charge in [0.2, 0.25) is 0 Å². The zero-order valence-electron chi connectivity index (χ0n) is 11.6. The van der Waals surface area contributed by atoms with E-state index in [1.807, 2.05) is 18.2 Å². The summed E-state index contributed by atoms with van der Waals surface area (Å²) >= 11 is 5.93. The molecule has 4 heteroatoms. The molecule has 0 radical (unpaired) electrons. The van der Waals surface area contributed by atoms with Crippen LogP contribution in [0.1, 0.15) is 18.9 Å². The fraction of sp³-hybridized carbons (Fsp3) is 0.571. The van der Waals surface area contributed by atoms with E-state index >= 15 is 0 Å². The molecule has 0 unspecified atom stereocenters. The maximum atomic E-state index is 5.93. The number of hydrogen-bond acceptors (Lipinski definition) is 3. The highest BCUT2D eigenvalue weighted by Gasteiger charge is 2.05. The lowest BCUT2D eigenvalue weighted by atomic mass is 10.2. The molecule has 0 aliphatic rings. The fourth-order valence-electron chi connectivity index (χ4n) is 1.91. The zero-order chi connectivity index (χ0) is 13.5. The van der Waals surface area contributed by atoms with Gasteiger partial charge in [-0.3, -0.25) is 4.90 Å². The van der Waals surface area contributed by atoms with Gasteiger partial charge >= 0.3 is 0 Å². The van der Waals surface area contributed by atoms with Crippen LogP contribution in [0.15, 0.2) is 18.2 Å². The van der Waals surface area contributed by atoms with Crippen LogP contribution >= 0.6 is 11.6 Å².